The van der Waals surface area contributed by atoms with E-state index in [-0.39, 0.29) is 11.6 Å². The molecule has 0 aromatic carbocycles. The van der Waals surface area contributed by atoms with Crippen molar-refractivity contribution >= 4 is 0 Å². The molecule has 2 heterocycles. The molecule has 0 bridgehead atoms. The van der Waals surface area contributed by atoms with E-state index in [4.69, 9.17) is 4.74 Å². The number of pyridine rings is 1. The Morgan fingerprint density at radius 3 is 2.80 bits per heavy atom. The first-order chi connectivity index (χ1) is 7.07. The van der Waals surface area contributed by atoms with Crippen LogP contribution in [0.1, 0.15) is 29.8 Å². The van der Waals surface area contributed by atoms with E-state index in [1.165, 1.54) is 0 Å². The molecule has 0 fully saturated rings. The Labute approximate surface area is 88.9 Å². The number of methoxy groups -OCH3 is 1. The SMILES string of the molecule is COc1c2c(n(C)c(=O)c1C)CNC2C. The summed E-state index contributed by atoms with van der Waals surface area (Å²) >= 11 is 0. The van der Waals surface area contributed by atoms with Gasteiger partial charge in [-0.25, -0.2) is 0 Å². The van der Waals surface area contributed by atoms with Crippen molar-refractivity contribution in [3.05, 3.63) is 27.2 Å². The van der Waals surface area contributed by atoms with Gasteiger partial charge in [-0.3, -0.25) is 4.79 Å². The Bertz CT molecular complexity index is 463. The molecule has 0 saturated carbocycles. The first-order valence-corrected chi connectivity index (χ1v) is 5.07. The summed E-state index contributed by atoms with van der Waals surface area (Å²) in [7, 11) is 3.43. The summed E-state index contributed by atoms with van der Waals surface area (Å²) in [6.45, 7) is 4.63. The molecule has 1 N–H and O–H groups in total. The summed E-state index contributed by atoms with van der Waals surface area (Å²) in [6.07, 6.45) is 0. The van der Waals surface area contributed by atoms with Crippen molar-refractivity contribution in [3.8, 4) is 5.75 Å². The van der Waals surface area contributed by atoms with Crippen molar-refractivity contribution in [2.45, 2.75) is 26.4 Å². The van der Waals surface area contributed by atoms with E-state index < -0.39 is 0 Å². The molecule has 0 aliphatic carbocycles. The lowest BCUT2D eigenvalue weighted by atomic mass is 10.1. The molecule has 82 valence electrons. The average molecular weight is 208 g/mol. The van der Waals surface area contributed by atoms with Gasteiger partial charge in [0.15, 0.2) is 0 Å². The van der Waals surface area contributed by atoms with E-state index in [0.29, 0.717) is 5.56 Å². The monoisotopic (exact) mass is 208 g/mol. The van der Waals surface area contributed by atoms with Gasteiger partial charge in [-0.2, -0.15) is 0 Å². The van der Waals surface area contributed by atoms with Crippen molar-refractivity contribution in [3.63, 3.8) is 0 Å². The first kappa shape index (κ1) is 10.2. The second-order valence-electron chi connectivity index (χ2n) is 3.99. The highest BCUT2D eigenvalue weighted by Crippen LogP contribution is 2.33. The molecule has 4 nitrogen and oxygen atoms in total. The Kier molecular flexibility index (Phi) is 2.31. The summed E-state index contributed by atoms with van der Waals surface area (Å²) in [5.74, 6) is 0.741. The Balaban J connectivity index is 2.82. The zero-order valence-electron chi connectivity index (χ0n) is 9.55. The van der Waals surface area contributed by atoms with E-state index in [9.17, 15) is 4.79 Å². The Hall–Kier alpha value is -1.29. The van der Waals surface area contributed by atoms with Crippen LogP contribution in [0.15, 0.2) is 4.79 Å². The number of rotatable bonds is 1. The molecule has 1 aliphatic rings. The lowest BCUT2D eigenvalue weighted by molar-refractivity contribution is 0.400. The van der Waals surface area contributed by atoms with Crippen molar-refractivity contribution in [1.82, 2.24) is 9.88 Å². The van der Waals surface area contributed by atoms with Crippen LogP contribution >= 0.6 is 0 Å². The average Bonchev–Trinajstić information content (AvgIpc) is 2.59. The largest absolute Gasteiger partial charge is 0.496 e. The fraction of sp³-hybridized carbons (Fsp3) is 0.545. The van der Waals surface area contributed by atoms with E-state index in [1.54, 1.807) is 11.7 Å². The molecule has 1 atom stereocenters. The van der Waals surface area contributed by atoms with Crippen LogP contribution in [-0.2, 0) is 13.6 Å². The van der Waals surface area contributed by atoms with E-state index >= 15 is 0 Å². The predicted octanol–water partition coefficient (Wildman–Crippen LogP) is 0.867. The van der Waals surface area contributed by atoms with Gasteiger partial charge in [0.25, 0.3) is 5.56 Å². The summed E-state index contributed by atoms with van der Waals surface area (Å²) in [4.78, 5) is 11.9. The third kappa shape index (κ3) is 1.28. The molecule has 4 heteroatoms. The summed E-state index contributed by atoms with van der Waals surface area (Å²) in [6, 6.07) is 0.250. The summed E-state index contributed by atoms with van der Waals surface area (Å²) in [5, 5.41) is 3.32. The van der Waals surface area contributed by atoms with Crippen molar-refractivity contribution in [1.29, 1.82) is 0 Å². The van der Waals surface area contributed by atoms with Crippen LogP contribution in [0, 0.1) is 6.92 Å². The highest BCUT2D eigenvalue weighted by atomic mass is 16.5. The fourth-order valence-electron chi connectivity index (χ4n) is 2.26. The molecule has 0 amide bonds. The quantitative estimate of drug-likeness (QED) is 0.744. The smallest absolute Gasteiger partial charge is 0.257 e. The number of ether oxygens (including phenoxy) is 1. The maximum absolute atomic E-state index is 11.9. The van der Waals surface area contributed by atoms with Crippen LogP contribution in [0.3, 0.4) is 0 Å². The van der Waals surface area contributed by atoms with Gasteiger partial charge in [-0.05, 0) is 13.8 Å². The summed E-state index contributed by atoms with van der Waals surface area (Å²) in [5.41, 5.74) is 2.88. The van der Waals surface area contributed by atoms with Gasteiger partial charge in [-0.1, -0.05) is 0 Å². The molecule has 1 aliphatic heterocycles. The number of hydrogen-bond donors (Lipinski definition) is 1. The molecule has 1 aromatic heterocycles. The van der Waals surface area contributed by atoms with Crippen LogP contribution in [0.4, 0.5) is 0 Å². The minimum Gasteiger partial charge on any atom is -0.496 e. The molecule has 0 spiro atoms. The molecular weight excluding hydrogens is 192 g/mol. The molecule has 2 rings (SSSR count). The van der Waals surface area contributed by atoms with Gasteiger partial charge in [0.05, 0.1) is 12.7 Å². The van der Waals surface area contributed by atoms with Gasteiger partial charge < -0.3 is 14.6 Å². The minimum absolute atomic E-state index is 0.0292. The van der Waals surface area contributed by atoms with E-state index in [1.807, 2.05) is 14.0 Å². The number of aromatic nitrogens is 1. The number of nitrogens with zero attached hydrogens (tertiary/aromatic N) is 1. The van der Waals surface area contributed by atoms with Crippen LogP contribution < -0.4 is 15.6 Å². The molecule has 1 unspecified atom stereocenters. The zero-order chi connectivity index (χ0) is 11.2. The van der Waals surface area contributed by atoms with E-state index in [0.717, 1.165) is 23.6 Å². The van der Waals surface area contributed by atoms with Gasteiger partial charge >= 0.3 is 0 Å². The number of nitrogens with one attached hydrogen (secondary N) is 1. The number of hydrogen-bond acceptors (Lipinski definition) is 3. The maximum atomic E-state index is 11.9. The van der Waals surface area contributed by atoms with Gasteiger partial charge in [0, 0.05) is 30.9 Å². The molecule has 1 aromatic rings. The van der Waals surface area contributed by atoms with Crippen LogP contribution in [0.2, 0.25) is 0 Å². The van der Waals surface area contributed by atoms with Crippen LogP contribution in [0.25, 0.3) is 0 Å². The topological polar surface area (TPSA) is 43.3 Å². The number of fused-ring (bicyclic) bond motifs is 1. The Morgan fingerprint density at radius 1 is 1.53 bits per heavy atom. The van der Waals surface area contributed by atoms with Gasteiger partial charge in [0.2, 0.25) is 0 Å². The summed E-state index contributed by atoms with van der Waals surface area (Å²) < 4.78 is 7.05. The fourth-order valence-corrected chi connectivity index (χ4v) is 2.26. The zero-order valence-corrected chi connectivity index (χ0v) is 9.55. The normalized spacial score (nSPS) is 19.1. The van der Waals surface area contributed by atoms with Crippen molar-refractivity contribution < 1.29 is 4.74 Å². The lowest BCUT2D eigenvalue weighted by Crippen LogP contribution is -2.24. The third-order valence-corrected chi connectivity index (χ3v) is 3.14. The van der Waals surface area contributed by atoms with E-state index in [2.05, 4.69) is 12.2 Å². The molecule has 0 saturated heterocycles. The van der Waals surface area contributed by atoms with Crippen molar-refractivity contribution in [2.75, 3.05) is 7.11 Å². The standard InChI is InChI=1S/C11H16N2O2/c1-6-10(15-4)9-7(2)12-5-8(9)13(3)11(6)14/h7,12H,5H2,1-4H3. The van der Waals surface area contributed by atoms with Gasteiger partial charge in [-0.15, -0.1) is 0 Å². The molecule has 0 radical (unpaired) electrons. The molecular formula is C11H16N2O2. The second kappa shape index (κ2) is 3.38. The van der Waals surface area contributed by atoms with Crippen molar-refractivity contribution in [2.24, 2.45) is 7.05 Å². The predicted molar refractivity (Wildman–Crippen MR) is 58.2 cm³/mol. The third-order valence-electron chi connectivity index (χ3n) is 3.14. The molecule has 15 heavy (non-hydrogen) atoms. The highest BCUT2D eigenvalue weighted by molar-refractivity contribution is 5.46. The first-order valence-electron chi connectivity index (χ1n) is 5.07. The second-order valence-corrected chi connectivity index (χ2v) is 3.99. The minimum atomic E-state index is 0.0292. The lowest BCUT2D eigenvalue weighted by Gasteiger charge is -2.15. The van der Waals surface area contributed by atoms with Crippen LogP contribution in [0.5, 0.6) is 5.75 Å². The van der Waals surface area contributed by atoms with Crippen LogP contribution in [-0.4, -0.2) is 11.7 Å². The highest BCUT2D eigenvalue weighted by Gasteiger charge is 2.27. The van der Waals surface area contributed by atoms with Gasteiger partial charge in [0.1, 0.15) is 5.75 Å². The Morgan fingerprint density at radius 2 is 2.20 bits per heavy atom. The maximum Gasteiger partial charge on any atom is 0.257 e.